The third-order valence-corrected chi connectivity index (χ3v) is 6.34. The third-order valence-electron chi connectivity index (χ3n) is 6.34. The van der Waals surface area contributed by atoms with Gasteiger partial charge in [-0.05, 0) is 50.7 Å². The number of carbonyl (C=O) groups excluding carboxylic acids is 2. The van der Waals surface area contributed by atoms with Crippen molar-refractivity contribution < 1.29 is 23.8 Å². The van der Waals surface area contributed by atoms with E-state index in [0.717, 1.165) is 44.9 Å². The van der Waals surface area contributed by atoms with Crippen LogP contribution < -0.4 is 9.47 Å². The second-order valence-corrected chi connectivity index (χ2v) is 8.37. The summed E-state index contributed by atoms with van der Waals surface area (Å²) in [6.07, 6.45) is 6.28. The van der Waals surface area contributed by atoms with Gasteiger partial charge in [-0.1, -0.05) is 26.3 Å². The number of amides is 2. The number of carbonyl (C=O) groups is 2. The van der Waals surface area contributed by atoms with Crippen LogP contribution in [0.2, 0.25) is 0 Å². The summed E-state index contributed by atoms with van der Waals surface area (Å²) in [5.74, 6) is 0.577. The molecule has 172 valence electrons. The molecule has 1 aliphatic carbocycles. The SMILES string of the molecule is CCCN(CCC)C(=O)[C@H]1COC2(CCCCC2)N1C(=O)c1c(OC)cccc1OC. The Bertz CT molecular complexity index is 747. The fourth-order valence-corrected chi connectivity index (χ4v) is 4.93. The highest BCUT2D eigenvalue weighted by Crippen LogP contribution is 2.43. The lowest BCUT2D eigenvalue weighted by molar-refractivity contribution is -0.137. The van der Waals surface area contributed by atoms with Gasteiger partial charge in [0.1, 0.15) is 28.8 Å². The van der Waals surface area contributed by atoms with Gasteiger partial charge in [0.2, 0.25) is 5.91 Å². The molecule has 2 amide bonds. The smallest absolute Gasteiger partial charge is 0.264 e. The first-order valence-electron chi connectivity index (χ1n) is 11.5. The number of rotatable bonds is 8. The van der Waals surface area contributed by atoms with Gasteiger partial charge in [-0.15, -0.1) is 0 Å². The van der Waals surface area contributed by atoms with Crippen LogP contribution in [0.4, 0.5) is 0 Å². The lowest BCUT2D eigenvalue weighted by atomic mass is 9.89. The van der Waals surface area contributed by atoms with Crippen LogP contribution in [0.5, 0.6) is 11.5 Å². The molecule has 1 heterocycles. The molecule has 3 rings (SSSR count). The first-order valence-corrected chi connectivity index (χ1v) is 11.5. The van der Waals surface area contributed by atoms with Gasteiger partial charge in [-0.3, -0.25) is 14.5 Å². The first-order chi connectivity index (χ1) is 15.0. The summed E-state index contributed by atoms with van der Waals surface area (Å²) < 4.78 is 17.3. The van der Waals surface area contributed by atoms with Crippen LogP contribution in [0.1, 0.15) is 69.2 Å². The maximum absolute atomic E-state index is 14.0. The Morgan fingerprint density at radius 1 is 1.06 bits per heavy atom. The zero-order chi connectivity index (χ0) is 22.4. The molecular weight excluding hydrogens is 396 g/mol. The predicted octanol–water partition coefficient (Wildman–Crippen LogP) is 3.85. The molecule has 2 aliphatic rings. The van der Waals surface area contributed by atoms with Crippen molar-refractivity contribution in [2.45, 2.75) is 70.6 Å². The molecule has 1 atom stereocenters. The summed E-state index contributed by atoms with van der Waals surface area (Å²) in [4.78, 5) is 31.2. The molecule has 1 aromatic carbocycles. The standard InChI is InChI=1S/C24H36N2O5/c1-5-15-25(16-6-2)22(27)18-17-31-24(13-8-7-9-14-24)26(18)23(28)21-19(29-3)11-10-12-20(21)30-4/h10-12,18H,5-9,13-17H2,1-4H3/t18-/m1/s1. The van der Waals surface area contributed by atoms with Crippen molar-refractivity contribution in [3.63, 3.8) is 0 Å². The molecule has 0 radical (unpaired) electrons. The molecule has 1 saturated carbocycles. The average molecular weight is 433 g/mol. The van der Waals surface area contributed by atoms with Crippen molar-refractivity contribution in [3.8, 4) is 11.5 Å². The maximum atomic E-state index is 14.0. The van der Waals surface area contributed by atoms with Gasteiger partial charge in [0, 0.05) is 13.1 Å². The number of nitrogens with zero attached hydrogens (tertiary/aromatic N) is 2. The van der Waals surface area contributed by atoms with Crippen molar-refractivity contribution in [1.29, 1.82) is 0 Å². The van der Waals surface area contributed by atoms with Gasteiger partial charge in [0.05, 0.1) is 20.8 Å². The molecule has 31 heavy (non-hydrogen) atoms. The van der Waals surface area contributed by atoms with E-state index in [-0.39, 0.29) is 18.4 Å². The fourth-order valence-electron chi connectivity index (χ4n) is 4.93. The quantitative estimate of drug-likeness (QED) is 0.624. The summed E-state index contributed by atoms with van der Waals surface area (Å²) in [6, 6.07) is 4.64. The predicted molar refractivity (Wildman–Crippen MR) is 118 cm³/mol. The van der Waals surface area contributed by atoms with Gasteiger partial charge in [-0.25, -0.2) is 0 Å². The molecule has 1 spiro atoms. The molecule has 2 fully saturated rings. The Morgan fingerprint density at radius 2 is 1.65 bits per heavy atom. The van der Waals surface area contributed by atoms with Crippen LogP contribution >= 0.6 is 0 Å². The molecule has 7 heteroatoms. The number of hydrogen-bond acceptors (Lipinski definition) is 5. The minimum atomic E-state index is -0.744. The highest BCUT2D eigenvalue weighted by Gasteiger charge is 2.54. The van der Waals surface area contributed by atoms with E-state index in [0.29, 0.717) is 30.2 Å². The highest BCUT2D eigenvalue weighted by molar-refractivity contribution is 6.02. The monoisotopic (exact) mass is 432 g/mol. The maximum Gasteiger partial charge on any atom is 0.264 e. The summed E-state index contributed by atoms with van der Waals surface area (Å²) in [5, 5.41) is 0. The largest absolute Gasteiger partial charge is 0.496 e. The molecule has 0 aromatic heterocycles. The van der Waals surface area contributed by atoms with Gasteiger partial charge < -0.3 is 19.1 Å². The molecule has 0 N–H and O–H groups in total. The van der Waals surface area contributed by atoms with Crippen LogP contribution in [0.15, 0.2) is 18.2 Å². The van der Waals surface area contributed by atoms with Crippen molar-refractivity contribution in [2.24, 2.45) is 0 Å². The summed E-state index contributed by atoms with van der Waals surface area (Å²) in [7, 11) is 3.07. The Hall–Kier alpha value is -2.28. The molecule has 0 unspecified atom stereocenters. The lowest BCUT2D eigenvalue weighted by Crippen LogP contribution is -2.57. The Balaban J connectivity index is 2.04. The highest BCUT2D eigenvalue weighted by atomic mass is 16.5. The first kappa shape index (κ1) is 23.4. The van der Waals surface area contributed by atoms with Gasteiger partial charge in [-0.2, -0.15) is 0 Å². The van der Waals surface area contributed by atoms with Gasteiger partial charge in [0.25, 0.3) is 5.91 Å². The summed E-state index contributed by atoms with van der Waals surface area (Å²) >= 11 is 0. The van der Waals surface area contributed by atoms with Gasteiger partial charge in [0.15, 0.2) is 0 Å². The zero-order valence-electron chi connectivity index (χ0n) is 19.3. The summed E-state index contributed by atoms with van der Waals surface area (Å²) in [6.45, 7) is 5.71. The van der Waals surface area contributed by atoms with Crippen molar-refractivity contribution in [3.05, 3.63) is 23.8 Å². The normalized spacial score (nSPS) is 20.0. The van der Waals surface area contributed by atoms with Crippen molar-refractivity contribution in [2.75, 3.05) is 33.9 Å². The molecule has 7 nitrogen and oxygen atoms in total. The van der Waals surface area contributed by atoms with E-state index in [1.807, 2.05) is 4.90 Å². The second kappa shape index (κ2) is 10.4. The van der Waals surface area contributed by atoms with Crippen molar-refractivity contribution in [1.82, 2.24) is 9.80 Å². The van der Waals surface area contributed by atoms with Crippen LogP contribution in [-0.2, 0) is 9.53 Å². The molecule has 1 aliphatic heterocycles. The molecule has 0 bridgehead atoms. The van der Waals surface area contributed by atoms with Gasteiger partial charge >= 0.3 is 0 Å². The van der Waals surface area contributed by atoms with Crippen LogP contribution in [0, 0.1) is 0 Å². The lowest BCUT2D eigenvalue weighted by Gasteiger charge is -2.42. The van der Waals surface area contributed by atoms with E-state index in [9.17, 15) is 9.59 Å². The zero-order valence-corrected chi connectivity index (χ0v) is 19.3. The number of benzene rings is 1. The van der Waals surface area contributed by atoms with Crippen LogP contribution in [0.3, 0.4) is 0 Å². The molecule has 1 saturated heterocycles. The molecular formula is C24H36N2O5. The van der Waals surface area contributed by atoms with Crippen molar-refractivity contribution >= 4 is 11.8 Å². The van der Waals surface area contributed by atoms with Crippen LogP contribution in [-0.4, -0.2) is 67.3 Å². The Morgan fingerprint density at radius 3 is 2.16 bits per heavy atom. The van der Waals surface area contributed by atoms with E-state index in [2.05, 4.69) is 13.8 Å². The van der Waals surface area contributed by atoms with E-state index in [4.69, 9.17) is 14.2 Å². The van der Waals surface area contributed by atoms with E-state index >= 15 is 0 Å². The summed E-state index contributed by atoms with van der Waals surface area (Å²) in [5.41, 5.74) is -0.399. The van der Waals surface area contributed by atoms with E-state index in [1.165, 1.54) is 14.2 Å². The van der Waals surface area contributed by atoms with E-state index in [1.54, 1.807) is 23.1 Å². The Labute approximate surface area is 185 Å². The topological polar surface area (TPSA) is 68.3 Å². The minimum Gasteiger partial charge on any atom is -0.496 e. The minimum absolute atomic E-state index is 0.0339. The third kappa shape index (κ3) is 4.52. The average Bonchev–Trinajstić information content (AvgIpc) is 3.15. The fraction of sp³-hybridized carbons (Fsp3) is 0.667. The second-order valence-electron chi connectivity index (χ2n) is 8.37. The number of hydrogen-bond donors (Lipinski definition) is 0. The number of ether oxygens (including phenoxy) is 3. The molecule has 1 aromatic rings. The van der Waals surface area contributed by atoms with Crippen LogP contribution in [0.25, 0.3) is 0 Å². The Kier molecular flexibility index (Phi) is 7.81. The number of methoxy groups -OCH3 is 2. The van der Waals surface area contributed by atoms with E-state index < -0.39 is 11.8 Å².